The van der Waals surface area contributed by atoms with E-state index in [0.717, 1.165) is 17.1 Å². The zero-order chi connectivity index (χ0) is 13.2. The van der Waals surface area contributed by atoms with Crippen molar-refractivity contribution in [1.29, 1.82) is 0 Å². The quantitative estimate of drug-likeness (QED) is 0.903. The second-order valence-electron chi connectivity index (χ2n) is 3.48. The minimum absolute atomic E-state index is 0.174. The first-order chi connectivity index (χ1) is 8.47. The molecule has 0 aliphatic carbocycles. The minimum Gasteiger partial charge on any atom is -0.396 e. The number of nitrogens with one attached hydrogen (secondary N) is 1. The molecule has 0 amide bonds. The maximum Gasteiger partial charge on any atom is 0.433 e. The fraction of sp³-hybridized carbons (Fsp3) is 0.200. The summed E-state index contributed by atoms with van der Waals surface area (Å²) in [6, 6.07) is 0.899. The molecule has 2 aromatic heterocycles. The second-order valence-corrected chi connectivity index (χ2v) is 4.45. The summed E-state index contributed by atoms with van der Waals surface area (Å²) in [5.41, 5.74) is 6.63. The lowest BCUT2D eigenvalue weighted by molar-refractivity contribution is -0.141. The Morgan fingerprint density at radius 3 is 2.72 bits per heavy atom. The standard InChI is InChI=1S/C10H9F3N4S/c11-10(12,13)9-1-8(7(14)4-17-9)16-3-6-2-15-5-18-6/h1-2,4-5H,3,14H2,(H,16,17). The van der Waals surface area contributed by atoms with Crippen molar-refractivity contribution in [2.45, 2.75) is 12.7 Å². The molecule has 2 aromatic rings. The second kappa shape index (κ2) is 4.81. The SMILES string of the molecule is Nc1cnc(C(F)(F)F)cc1NCc1cncs1. The van der Waals surface area contributed by atoms with Gasteiger partial charge in [-0.15, -0.1) is 11.3 Å². The molecule has 0 unspecified atom stereocenters. The van der Waals surface area contributed by atoms with Crippen molar-refractivity contribution in [3.05, 3.63) is 34.5 Å². The number of alkyl halides is 3. The number of pyridine rings is 1. The van der Waals surface area contributed by atoms with Gasteiger partial charge in [0.25, 0.3) is 0 Å². The van der Waals surface area contributed by atoms with Gasteiger partial charge in [0.15, 0.2) is 0 Å². The largest absolute Gasteiger partial charge is 0.433 e. The van der Waals surface area contributed by atoms with E-state index in [0.29, 0.717) is 6.54 Å². The smallest absolute Gasteiger partial charge is 0.396 e. The van der Waals surface area contributed by atoms with Crippen molar-refractivity contribution in [3.8, 4) is 0 Å². The Bertz CT molecular complexity index is 524. The van der Waals surface area contributed by atoms with Crippen LogP contribution in [0.4, 0.5) is 24.5 Å². The highest BCUT2D eigenvalue weighted by Gasteiger charge is 2.32. The Balaban J connectivity index is 2.16. The summed E-state index contributed by atoms with van der Waals surface area (Å²) in [4.78, 5) is 8.03. The molecule has 0 aliphatic rings. The van der Waals surface area contributed by atoms with Gasteiger partial charge in [0, 0.05) is 11.1 Å². The van der Waals surface area contributed by atoms with Gasteiger partial charge in [-0.05, 0) is 6.07 Å². The average molecular weight is 274 g/mol. The molecule has 0 aliphatic heterocycles. The highest BCUT2D eigenvalue weighted by molar-refractivity contribution is 7.09. The van der Waals surface area contributed by atoms with Gasteiger partial charge in [0.2, 0.25) is 0 Å². The molecule has 96 valence electrons. The summed E-state index contributed by atoms with van der Waals surface area (Å²) in [6.45, 7) is 0.371. The maximum absolute atomic E-state index is 12.5. The van der Waals surface area contributed by atoms with E-state index < -0.39 is 11.9 Å². The molecule has 0 radical (unpaired) electrons. The molecule has 18 heavy (non-hydrogen) atoms. The fourth-order valence-electron chi connectivity index (χ4n) is 1.29. The van der Waals surface area contributed by atoms with E-state index in [1.807, 2.05) is 0 Å². The Hall–Kier alpha value is -1.83. The monoisotopic (exact) mass is 274 g/mol. The van der Waals surface area contributed by atoms with Gasteiger partial charge >= 0.3 is 6.18 Å². The molecule has 0 bridgehead atoms. The predicted molar refractivity (Wildman–Crippen MR) is 63.1 cm³/mol. The van der Waals surface area contributed by atoms with Crippen LogP contribution in [0.15, 0.2) is 24.0 Å². The molecule has 0 saturated heterocycles. The van der Waals surface area contributed by atoms with Crippen molar-refractivity contribution >= 4 is 22.7 Å². The Labute approximate surface area is 105 Å². The van der Waals surface area contributed by atoms with Crippen LogP contribution in [0.5, 0.6) is 0 Å². The van der Waals surface area contributed by atoms with Crippen LogP contribution in [0.2, 0.25) is 0 Å². The van der Waals surface area contributed by atoms with Crippen molar-refractivity contribution < 1.29 is 13.2 Å². The molecular formula is C10H9F3N4S. The number of aromatic nitrogens is 2. The molecule has 2 heterocycles. The third kappa shape index (κ3) is 2.89. The van der Waals surface area contributed by atoms with E-state index >= 15 is 0 Å². The molecule has 2 rings (SSSR count). The molecule has 3 N–H and O–H groups in total. The zero-order valence-electron chi connectivity index (χ0n) is 9.03. The van der Waals surface area contributed by atoms with Crippen LogP contribution in [-0.4, -0.2) is 9.97 Å². The first kappa shape index (κ1) is 12.6. The van der Waals surface area contributed by atoms with Crippen molar-refractivity contribution in [3.63, 3.8) is 0 Å². The lowest BCUT2D eigenvalue weighted by Crippen LogP contribution is -2.10. The van der Waals surface area contributed by atoms with Crippen LogP contribution in [0.1, 0.15) is 10.6 Å². The molecule has 0 aromatic carbocycles. The third-order valence-corrected chi connectivity index (χ3v) is 2.94. The fourth-order valence-corrected chi connectivity index (χ4v) is 1.82. The van der Waals surface area contributed by atoms with Gasteiger partial charge in [-0.1, -0.05) is 0 Å². The Kier molecular flexibility index (Phi) is 3.37. The van der Waals surface area contributed by atoms with E-state index in [4.69, 9.17) is 5.73 Å². The lowest BCUT2D eigenvalue weighted by atomic mass is 10.2. The summed E-state index contributed by atoms with van der Waals surface area (Å²) in [5.74, 6) is 0. The van der Waals surface area contributed by atoms with Crippen LogP contribution < -0.4 is 11.1 Å². The summed E-state index contributed by atoms with van der Waals surface area (Å²) in [5, 5.41) is 2.83. The molecule has 0 atom stereocenters. The van der Waals surface area contributed by atoms with Crippen molar-refractivity contribution in [2.24, 2.45) is 0 Å². The van der Waals surface area contributed by atoms with E-state index in [9.17, 15) is 13.2 Å². The lowest BCUT2D eigenvalue weighted by Gasteiger charge is -2.11. The highest BCUT2D eigenvalue weighted by atomic mass is 32.1. The van der Waals surface area contributed by atoms with E-state index in [1.165, 1.54) is 11.3 Å². The molecule has 0 saturated carbocycles. The number of nitrogens with two attached hydrogens (primary N) is 1. The number of halogens is 3. The van der Waals surface area contributed by atoms with Crippen LogP contribution in [0.25, 0.3) is 0 Å². The molecule has 0 fully saturated rings. The van der Waals surface area contributed by atoms with Gasteiger partial charge in [-0.2, -0.15) is 13.2 Å². The minimum atomic E-state index is -4.48. The van der Waals surface area contributed by atoms with E-state index in [2.05, 4.69) is 15.3 Å². The molecular weight excluding hydrogens is 265 g/mol. The van der Waals surface area contributed by atoms with Crippen LogP contribution in [-0.2, 0) is 12.7 Å². The maximum atomic E-state index is 12.5. The summed E-state index contributed by atoms with van der Waals surface area (Å²) in [7, 11) is 0. The number of nitrogens with zero attached hydrogens (tertiary/aromatic N) is 2. The van der Waals surface area contributed by atoms with Crippen molar-refractivity contribution in [1.82, 2.24) is 9.97 Å². The van der Waals surface area contributed by atoms with Gasteiger partial charge in [0.1, 0.15) is 5.69 Å². The Morgan fingerprint density at radius 2 is 2.11 bits per heavy atom. The predicted octanol–water partition coefficient (Wildman–Crippen LogP) is 2.75. The highest BCUT2D eigenvalue weighted by Crippen LogP contribution is 2.31. The summed E-state index contributed by atoms with van der Waals surface area (Å²) >= 11 is 1.41. The van der Waals surface area contributed by atoms with Gasteiger partial charge in [-0.3, -0.25) is 4.98 Å². The Morgan fingerprint density at radius 1 is 1.33 bits per heavy atom. The van der Waals surface area contributed by atoms with Gasteiger partial charge < -0.3 is 11.1 Å². The summed E-state index contributed by atoms with van der Waals surface area (Å²) < 4.78 is 37.4. The van der Waals surface area contributed by atoms with E-state index in [1.54, 1.807) is 11.7 Å². The van der Waals surface area contributed by atoms with Crippen LogP contribution in [0, 0.1) is 0 Å². The van der Waals surface area contributed by atoms with Gasteiger partial charge in [0.05, 0.1) is 29.6 Å². The zero-order valence-corrected chi connectivity index (χ0v) is 9.85. The third-order valence-electron chi connectivity index (χ3n) is 2.16. The summed E-state index contributed by atoms with van der Waals surface area (Å²) in [6.07, 6.45) is -1.84. The average Bonchev–Trinajstić information content (AvgIpc) is 2.79. The first-order valence-electron chi connectivity index (χ1n) is 4.91. The topological polar surface area (TPSA) is 63.8 Å². The molecule has 0 spiro atoms. The first-order valence-corrected chi connectivity index (χ1v) is 5.79. The van der Waals surface area contributed by atoms with Crippen LogP contribution in [0.3, 0.4) is 0 Å². The van der Waals surface area contributed by atoms with Crippen molar-refractivity contribution in [2.75, 3.05) is 11.1 Å². The molecule has 8 heteroatoms. The normalized spacial score (nSPS) is 11.5. The molecule has 4 nitrogen and oxygen atoms in total. The number of nitrogen functional groups attached to an aromatic ring is 1. The van der Waals surface area contributed by atoms with Crippen LogP contribution >= 0.6 is 11.3 Å². The van der Waals surface area contributed by atoms with E-state index in [-0.39, 0.29) is 11.4 Å². The number of hydrogen-bond donors (Lipinski definition) is 2. The number of rotatable bonds is 3. The number of hydrogen-bond acceptors (Lipinski definition) is 5. The number of anilines is 2. The van der Waals surface area contributed by atoms with Gasteiger partial charge in [-0.25, -0.2) is 4.98 Å². The number of thiazole rings is 1.